The number of amides is 2. The summed E-state index contributed by atoms with van der Waals surface area (Å²) >= 11 is 1.25. The third-order valence-electron chi connectivity index (χ3n) is 12.9. The number of hydrogen-bond acceptors (Lipinski definition) is 6. The molecule has 4 rings (SSSR count). The molecule has 2 heterocycles. The number of unbranched alkanes of at least 4 members (excludes halogenated alkanes) is 1. The van der Waals surface area contributed by atoms with E-state index in [9.17, 15) is 14.7 Å². The normalized spacial score (nSPS) is 21.3. The van der Waals surface area contributed by atoms with Crippen molar-refractivity contribution in [3.8, 4) is 5.75 Å². The van der Waals surface area contributed by atoms with Gasteiger partial charge in [-0.2, -0.15) is 0 Å². The number of anilines is 1. The molecule has 2 unspecified atom stereocenters. The average Bonchev–Trinajstić information content (AvgIpc) is 3.54. The van der Waals surface area contributed by atoms with Crippen LogP contribution in [0.4, 0.5) is 5.13 Å². The van der Waals surface area contributed by atoms with Crippen LogP contribution in [0.5, 0.6) is 5.75 Å². The van der Waals surface area contributed by atoms with Gasteiger partial charge in [0.1, 0.15) is 11.4 Å². The lowest BCUT2D eigenvalue weighted by Crippen LogP contribution is -2.32. The molecule has 1 aromatic carbocycles. The van der Waals surface area contributed by atoms with Crippen LogP contribution >= 0.6 is 11.3 Å². The monoisotopic (exact) mass is 821 g/mol. The molecule has 3 N–H and O–H groups in total. The lowest BCUT2D eigenvalue weighted by molar-refractivity contribution is 0.0946. The molecule has 58 heavy (non-hydrogen) atoms. The first-order valence-electron chi connectivity index (χ1n) is 24.0. The van der Waals surface area contributed by atoms with Crippen LogP contribution in [0.25, 0.3) is 0 Å². The van der Waals surface area contributed by atoms with Crippen LogP contribution in [0.1, 0.15) is 234 Å². The number of nitrogens with one attached hydrogen (secondary N) is 2. The Labute approximate surface area is 358 Å². The molecule has 1 saturated heterocycles. The summed E-state index contributed by atoms with van der Waals surface area (Å²) < 4.78 is 0. The van der Waals surface area contributed by atoms with Crippen molar-refractivity contribution in [1.29, 1.82) is 0 Å². The van der Waals surface area contributed by atoms with Crippen LogP contribution in [-0.2, 0) is 10.8 Å². The predicted octanol–water partition coefficient (Wildman–Crippen LogP) is 13.7. The van der Waals surface area contributed by atoms with Gasteiger partial charge >= 0.3 is 0 Å². The number of aromatic nitrogens is 1. The van der Waals surface area contributed by atoms with E-state index >= 15 is 0 Å². The van der Waals surface area contributed by atoms with Gasteiger partial charge in [-0.25, -0.2) is 4.98 Å². The lowest BCUT2D eigenvalue weighted by atomic mass is 9.78. The molecule has 328 valence electrons. The lowest BCUT2D eigenvalue weighted by Gasteiger charge is -2.28. The minimum absolute atomic E-state index is 0.199. The minimum Gasteiger partial charge on any atom is -0.507 e. The van der Waals surface area contributed by atoms with Gasteiger partial charge in [0, 0.05) is 41.7 Å². The van der Waals surface area contributed by atoms with Crippen molar-refractivity contribution in [1.82, 2.24) is 15.2 Å². The Bertz CT molecular complexity index is 1420. The molecule has 0 radical (unpaired) electrons. The highest BCUT2D eigenvalue weighted by molar-refractivity contribution is 7.14. The van der Waals surface area contributed by atoms with E-state index in [1.807, 2.05) is 41.5 Å². The molecule has 1 aliphatic heterocycles. The molecule has 2 fully saturated rings. The average molecular weight is 821 g/mol. The van der Waals surface area contributed by atoms with E-state index in [1.54, 1.807) is 17.5 Å². The first-order chi connectivity index (χ1) is 27.8. The maximum Gasteiger partial charge on any atom is 0.270 e. The number of likely N-dealkylation sites (tertiary alicyclic amines) is 1. The highest BCUT2D eigenvalue weighted by Gasteiger charge is 2.28. The van der Waals surface area contributed by atoms with E-state index in [1.165, 1.54) is 172 Å². The van der Waals surface area contributed by atoms with Gasteiger partial charge in [-0.15, -0.1) is 11.3 Å². The number of hydrogen-bond donors (Lipinski definition) is 3. The first kappa shape index (κ1) is 48.2. The summed E-state index contributed by atoms with van der Waals surface area (Å²) in [5, 5.41) is 19.2. The van der Waals surface area contributed by atoms with Crippen molar-refractivity contribution in [3.05, 3.63) is 39.9 Å². The number of phenols is 1. The molecule has 2 amide bonds. The number of rotatable bonds is 8. The zero-order valence-electron chi connectivity index (χ0n) is 38.0. The number of thiazole rings is 1. The van der Waals surface area contributed by atoms with Gasteiger partial charge < -0.3 is 15.3 Å². The minimum atomic E-state index is -0.342. The zero-order chi connectivity index (χ0) is 41.8. The highest BCUT2D eigenvalue weighted by atomic mass is 32.1. The molecule has 2 atom stereocenters. The molecule has 1 aliphatic carbocycles. The Morgan fingerprint density at radius 1 is 0.655 bits per heavy atom. The van der Waals surface area contributed by atoms with Crippen molar-refractivity contribution in [2.75, 3.05) is 31.5 Å². The summed E-state index contributed by atoms with van der Waals surface area (Å²) in [6.45, 7) is 16.4. The van der Waals surface area contributed by atoms with E-state index in [2.05, 4.69) is 20.5 Å². The van der Waals surface area contributed by atoms with Gasteiger partial charge in [-0.3, -0.25) is 14.9 Å². The Morgan fingerprint density at radius 3 is 1.52 bits per heavy atom. The molecule has 2 bridgehead atoms. The number of carbonyl (C=O) groups is 2. The van der Waals surface area contributed by atoms with E-state index in [0.717, 1.165) is 42.3 Å². The van der Waals surface area contributed by atoms with Gasteiger partial charge in [0.25, 0.3) is 11.8 Å². The molecule has 7 nitrogen and oxygen atoms in total. The largest absolute Gasteiger partial charge is 0.507 e. The fourth-order valence-electron chi connectivity index (χ4n) is 9.25. The van der Waals surface area contributed by atoms with Gasteiger partial charge in [0.2, 0.25) is 0 Å². The van der Waals surface area contributed by atoms with Gasteiger partial charge in [0.15, 0.2) is 5.13 Å². The quantitative estimate of drug-likeness (QED) is 0.231. The highest BCUT2D eigenvalue weighted by Crippen LogP contribution is 2.40. The first-order valence-corrected chi connectivity index (χ1v) is 24.8. The number of fused-ring (bicyclic) bond motifs is 3. The summed E-state index contributed by atoms with van der Waals surface area (Å²) in [7, 11) is 0. The third kappa shape index (κ3) is 17.6. The fourth-order valence-corrected chi connectivity index (χ4v) is 9.94. The van der Waals surface area contributed by atoms with Crippen LogP contribution in [0.3, 0.4) is 0 Å². The summed E-state index contributed by atoms with van der Waals surface area (Å²) in [5.41, 5.74) is 1.57. The fraction of sp³-hybridized carbons (Fsp3) is 0.780. The van der Waals surface area contributed by atoms with Crippen molar-refractivity contribution in [2.24, 2.45) is 11.8 Å². The summed E-state index contributed by atoms with van der Waals surface area (Å²) in [5.74, 6) is 1.39. The second kappa shape index (κ2) is 25.4. The second-order valence-electron chi connectivity index (χ2n) is 20.2. The van der Waals surface area contributed by atoms with E-state index in [0.29, 0.717) is 22.9 Å². The molecular weight excluding hydrogens is 737 g/mol. The number of benzene rings is 1. The van der Waals surface area contributed by atoms with Crippen LogP contribution in [0, 0.1) is 11.8 Å². The number of carbonyl (C=O) groups excluding carboxylic acids is 2. The van der Waals surface area contributed by atoms with E-state index < -0.39 is 0 Å². The SMILES string of the molecule is CC(C)(C)c1cc(C(=O)Nc2nc(C(=O)NCCCCN3CC4CCCCCCCCCCCCCCCCCCCCCC(CC4)C3)cs2)cc(C(C)(C)C)c1O. The molecule has 2 aliphatic rings. The predicted molar refractivity (Wildman–Crippen MR) is 247 cm³/mol. The summed E-state index contributed by atoms with van der Waals surface area (Å²) in [6, 6.07) is 3.54. The van der Waals surface area contributed by atoms with Gasteiger partial charge in [-0.1, -0.05) is 164 Å². The van der Waals surface area contributed by atoms with Crippen molar-refractivity contribution >= 4 is 28.3 Å². The second-order valence-corrected chi connectivity index (χ2v) is 21.1. The van der Waals surface area contributed by atoms with Crippen LogP contribution in [0.15, 0.2) is 17.5 Å². The molecule has 1 saturated carbocycles. The Hall–Kier alpha value is -2.45. The van der Waals surface area contributed by atoms with Crippen molar-refractivity contribution in [2.45, 2.75) is 213 Å². The molecular formula is C50H84N4O3S. The number of aromatic hydroxyl groups is 1. The van der Waals surface area contributed by atoms with Gasteiger partial charge in [0.05, 0.1) is 0 Å². The molecule has 0 spiro atoms. The van der Waals surface area contributed by atoms with Crippen LogP contribution in [0.2, 0.25) is 0 Å². The Kier molecular flexibility index (Phi) is 21.1. The zero-order valence-corrected chi connectivity index (χ0v) is 38.8. The molecule has 1 aromatic heterocycles. The standard InChI is InChI=1S/C50H84N4O3S/c1-49(2,3)42-34-41(35-43(45(42)55)50(4,5)6)46(56)53-48-52-44(38-58-48)47(57)51-32-26-27-33-54-36-39-28-24-22-20-18-16-14-12-10-8-7-9-11-13-15-17-19-21-23-25-29-40(37-54)31-30-39/h34-35,38-40,55H,7-33,36-37H2,1-6H3,(H,51,57)(H,52,53,56). The van der Waals surface area contributed by atoms with Crippen LogP contribution < -0.4 is 10.6 Å². The maximum absolute atomic E-state index is 13.4. The summed E-state index contributed by atoms with van der Waals surface area (Å²) in [4.78, 5) is 33.7. The van der Waals surface area contributed by atoms with E-state index in [4.69, 9.17) is 0 Å². The van der Waals surface area contributed by atoms with Crippen LogP contribution in [-0.4, -0.2) is 53.0 Å². The number of nitrogens with zero attached hydrogens (tertiary/aromatic N) is 2. The maximum atomic E-state index is 13.4. The van der Waals surface area contributed by atoms with Crippen molar-refractivity contribution in [3.63, 3.8) is 0 Å². The molecule has 8 heteroatoms. The Balaban J connectivity index is 1.23. The molecule has 2 aromatic rings. The Morgan fingerprint density at radius 2 is 1.09 bits per heavy atom. The van der Waals surface area contributed by atoms with E-state index in [-0.39, 0.29) is 28.4 Å². The smallest absolute Gasteiger partial charge is 0.270 e. The third-order valence-corrected chi connectivity index (χ3v) is 13.6. The summed E-state index contributed by atoms with van der Waals surface area (Å²) in [6.07, 6.45) is 34.8. The number of phenolic OH excluding ortho intramolecular Hbond substituents is 1. The van der Waals surface area contributed by atoms with Gasteiger partial charge in [-0.05, 0) is 79.9 Å². The van der Waals surface area contributed by atoms with Crippen molar-refractivity contribution < 1.29 is 14.7 Å². The topological polar surface area (TPSA) is 94.6 Å².